The molecule has 0 saturated heterocycles. The monoisotopic (exact) mass is 340 g/mol. The molecule has 0 unspecified atom stereocenters. The van der Waals surface area contributed by atoms with E-state index in [0.29, 0.717) is 6.79 Å². The van der Waals surface area contributed by atoms with Gasteiger partial charge in [-0.2, -0.15) is 0 Å². The molecule has 2 aliphatic heterocycles. The number of aliphatic imine (C=N–C) groups is 1. The molecule has 4 rings (SSSR count). The predicted octanol–water partition coefficient (Wildman–Crippen LogP) is 3.91. The molecule has 0 saturated carbocycles. The number of rotatable bonds is 4. The quantitative estimate of drug-likeness (QED) is 0.845. The Kier molecular flexibility index (Phi) is 4.60. The molecule has 0 spiro atoms. The van der Waals surface area contributed by atoms with Crippen LogP contribution in [-0.4, -0.2) is 29.2 Å². The Morgan fingerprint density at radius 2 is 1.79 bits per heavy atom. The van der Waals surface area contributed by atoms with E-state index >= 15 is 0 Å². The summed E-state index contributed by atoms with van der Waals surface area (Å²) in [4.78, 5) is 7.10. The lowest BCUT2D eigenvalue weighted by atomic mass is 10.1. The number of fused-ring (bicyclic) bond motifs is 1. The van der Waals surface area contributed by atoms with Gasteiger partial charge in [-0.1, -0.05) is 48.2 Å². The van der Waals surface area contributed by atoms with E-state index in [1.807, 2.05) is 17.8 Å². The maximum absolute atomic E-state index is 5.51. The van der Waals surface area contributed by atoms with Crippen molar-refractivity contribution in [2.75, 3.05) is 19.1 Å². The molecule has 4 nitrogen and oxygen atoms in total. The number of ether oxygens (including phenoxy) is 2. The minimum Gasteiger partial charge on any atom is -0.454 e. The van der Waals surface area contributed by atoms with Gasteiger partial charge in [0, 0.05) is 25.4 Å². The van der Waals surface area contributed by atoms with Gasteiger partial charge in [0.15, 0.2) is 16.7 Å². The molecule has 0 radical (unpaired) electrons. The maximum atomic E-state index is 5.51. The second-order valence-corrected chi connectivity index (χ2v) is 6.96. The molecular formula is C19H20N2O2S. The van der Waals surface area contributed by atoms with Crippen molar-refractivity contribution in [2.24, 2.45) is 4.99 Å². The summed E-state index contributed by atoms with van der Waals surface area (Å²) in [5.41, 5.74) is 2.51. The van der Waals surface area contributed by atoms with Crippen molar-refractivity contribution in [2.45, 2.75) is 19.5 Å². The summed E-state index contributed by atoms with van der Waals surface area (Å²) in [6.07, 6.45) is 1.16. The van der Waals surface area contributed by atoms with Gasteiger partial charge in [-0.05, 0) is 29.7 Å². The van der Waals surface area contributed by atoms with Crippen LogP contribution in [0, 0.1) is 0 Å². The van der Waals surface area contributed by atoms with Crippen LogP contribution >= 0.6 is 11.8 Å². The molecule has 0 amide bonds. The molecule has 0 bridgehead atoms. The zero-order chi connectivity index (χ0) is 16.2. The maximum Gasteiger partial charge on any atom is 0.231 e. The van der Waals surface area contributed by atoms with E-state index in [4.69, 9.17) is 14.5 Å². The van der Waals surface area contributed by atoms with Gasteiger partial charge in [-0.25, -0.2) is 0 Å². The average molecular weight is 340 g/mol. The van der Waals surface area contributed by atoms with Crippen molar-refractivity contribution in [3.63, 3.8) is 0 Å². The normalized spacial score (nSPS) is 15.9. The molecule has 0 N–H and O–H groups in total. The first-order valence-corrected chi connectivity index (χ1v) is 9.22. The number of amidine groups is 1. The Morgan fingerprint density at radius 3 is 2.62 bits per heavy atom. The Labute approximate surface area is 146 Å². The van der Waals surface area contributed by atoms with Crippen LogP contribution in [0.2, 0.25) is 0 Å². The largest absolute Gasteiger partial charge is 0.454 e. The number of hydrogen-bond acceptors (Lipinski definition) is 5. The molecule has 0 fully saturated rings. The fraction of sp³-hybridized carbons (Fsp3) is 0.316. The third kappa shape index (κ3) is 3.51. The Morgan fingerprint density at radius 1 is 0.958 bits per heavy atom. The summed E-state index contributed by atoms with van der Waals surface area (Å²) in [5.74, 6) is 2.81. The van der Waals surface area contributed by atoms with Crippen molar-refractivity contribution in [3.05, 3.63) is 59.7 Å². The fourth-order valence-corrected chi connectivity index (χ4v) is 3.84. The Bertz CT molecular complexity index is 733. The second-order valence-electron chi connectivity index (χ2n) is 5.90. The van der Waals surface area contributed by atoms with E-state index in [0.717, 1.165) is 48.5 Å². The highest BCUT2D eigenvalue weighted by molar-refractivity contribution is 8.13. The lowest BCUT2D eigenvalue weighted by Crippen LogP contribution is -2.30. The van der Waals surface area contributed by atoms with Crippen molar-refractivity contribution in [1.82, 2.24) is 4.90 Å². The standard InChI is InChI=1S/C19H20N2O2S/c1-2-5-15(6-3-1)12-21(19-20-9-4-10-24-19)13-16-7-8-17-18(11-16)23-14-22-17/h1-3,5-8,11H,4,9-10,12-14H2. The second kappa shape index (κ2) is 7.18. The van der Waals surface area contributed by atoms with Gasteiger partial charge in [-0.15, -0.1) is 0 Å². The SMILES string of the molecule is c1ccc(CN(Cc2ccc3c(c2)OCO3)C2=NCCCS2)cc1. The zero-order valence-electron chi connectivity index (χ0n) is 13.5. The first-order chi connectivity index (χ1) is 11.9. The van der Waals surface area contributed by atoms with E-state index in [1.54, 1.807) is 0 Å². The van der Waals surface area contributed by atoms with E-state index in [1.165, 1.54) is 11.1 Å². The summed E-state index contributed by atoms with van der Waals surface area (Å²) in [7, 11) is 0. The highest BCUT2D eigenvalue weighted by Crippen LogP contribution is 2.33. The highest BCUT2D eigenvalue weighted by Gasteiger charge is 2.18. The first-order valence-electron chi connectivity index (χ1n) is 8.23. The minimum atomic E-state index is 0.315. The predicted molar refractivity (Wildman–Crippen MR) is 97.6 cm³/mol. The Hall–Kier alpha value is -2.14. The van der Waals surface area contributed by atoms with E-state index in [-0.39, 0.29) is 0 Å². The van der Waals surface area contributed by atoms with Gasteiger partial charge in [0.25, 0.3) is 0 Å². The molecule has 124 valence electrons. The van der Waals surface area contributed by atoms with Gasteiger partial charge in [0.2, 0.25) is 6.79 Å². The molecule has 0 atom stereocenters. The zero-order valence-corrected chi connectivity index (χ0v) is 14.3. The van der Waals surface area contributed by atoms with Gasteiger partial charge in [0.1, 0.15) is 0 Å². The van der Waals surface area contributed by atoms with Crippen LogP contribution in [0.3, 0.4) is 0 Å². The minimum absolute atomic E-state index is 0.315. The Balaban J connectivity index is 1.56. The molecule has 2 heterocycles. The van der Waals surface area contributed by atoms with Crippen molar-refractivity contribution >= 4 is 16.9 Å². The molecule has 24 heavy (non-hydrogen) atoms. The van der Waals surface area contributed by atoms with Crippen molar-refractivity contribution in [3.8, 4) is 11.5 Å². The highest BCUT2D eigenvalue weighted by atomic mass is 32.2. The van der Waals surface area contributed by atoms with Gasteiger partial charge < -0.3 is 14.4 Å². The summed E-state index contributed by atoms with van der Waals surface area (Å²) >= 11 is 1.86. The van der Waals surface area contributed by atoms with E-state index in [2.05, 4.69) is 47.4 Å². The summed E-state index contributed by atoms with van der Waals surface area (Å²) < 4.78 is 10.9. The molecule has 2 aromatic carbocycles. The van der Waals surface area contributed by atoms with Crippen molar-refractivity contribution in [1.29, 1.82) is 0 Å². The third-order valence-electron chi connectivity index (χ3n) is 4.08. The van der Waals surface area contributed by atoms with Gasteiger partial charge in [0.05, 0.1) is 0 Å². The lowest BCUT2D eigenvalue weighted by Gasteiger charge is -2.28. The van der Waals surface area contributed by atoms with Crippen molar-refractivity contribution < 1.29 is 9.47 Å². The van der Waals surface area contributed by atoms with Crippen LogP contribution in [-0.2, 0) is 13.1 Å². The molecule has 2 aliphatic rings. The first kappa shape index (κ1) is 15.4. The molecule has 2 aromatic rings. The number of thioether (sulfide) groups is 1. The van der Waals surface area contributed by atoms with Crippen LogP contribution in [0.25, 0.3) is 0 Å². The third-order valence-corrected chi connectivity index (χ3v) is 5.22. The van der Waals surface area contributed by atoms with E-state index < -0.39 is 0 Å². The molecular weight excluding hydrogens is 320 g/mol. The van der Waals surface area contributed by atoms with Crippen LogP contribution in [0.15, 0.2) is 53.5 Å². The molecule has 0 aliphatic carbocycles. The molecule has 5 heteroatoms. The van der Waals surface area contributed by atoms with Gasteiger partial charge >= 0.3 is 0 Å². The van der Waals surface area contributed by atoms with Gasteiger partial charge in [-0.3, -0.25) is 4.99 Å². The molecule has 0 aromatic heterocycles. The summed E-state index contributed by atoms with van der Waals surface area (Å²) in [5, 5.41) is 1.14. The smallest absolute Gasteiger partial charge is 0.231 e. The number of hydrogen-bond donors (Lipinski definition) is 0. The van der Waals surface area contributed by atoms with Crippen LogP contribution < -0.4 is 9.47 Å². The summed E-state index contributed by atoms with van der Waals surface area (Å²) in [6, 6.07) is 16.7. The van der Waals surface area contributed by atoms with E-state index in [9.17, 15) is 0 Å². The number of benzene rings is 2. The lowest BCUT2D eigenvalue weighted by molar-refractivity contribution is 0.174. The number of nitrogens with zero attached hydrogens (tertiary/aromatic N) is 2. The average Bonchev–Trinajstić information content (AvgIpc) is 3.11. The van der Waals surface area contributed by atoms with Crippen LogP contribution in [0.5, 0.6) is 11.5 Å². The van der Waals surface area contributed by atoms with Crippen LogP contribution in [0.4, 0.5) is 0 Å². The fourth-order valence-electron chi connectivity index (χ4n) is 2.89. The summed E-state index contributed by atoms with van der Waals surface area (Å²) in [6.45, 7) is 2.92. The topological polar surface area (TPSA) is 34.1 Å². The van der Waals surface area contributed by atoms with Crippen LogP contribution in [0.1, 0.15) is 17.5 Å².